The first-order valence-corrected chi connectivity index (χ1v) is 13.5. The Morgan fingerprint density at radius 3 is 1.71 bits per heavy atom. The van der Waals surface area contributed by atoms with Crippen molar-refractivity contribution in [3.05, 3.63) is 48.3 Å². The fourth-order valence-electron chi connectivity index (χ4n) is 4.84. The van der Waals surface area contributed by atoms with Crippen molar-refractivity contribution in [2.75, 3.05) is 0 Å². The molecule has 0 saturated carbocycles. The molecule has 1 aliphatic rings. The second-order valence-electron chi connectivity index (χ2n) is 9.86. The van der Waals surface area contributed by atoms with Crippen LogP contribution in [0.15, 0.2) is 42.7 Å². The van der Waals surface area contributed by atoms with Crippen LogP contribution < -0.4 is 0 Å². The summed E-state index contributed by atoms with van der Waals surface area (Å²) in [7, 11) is 0. The van der Waals surface area contributed by atoms with Crippen LogP contribution in [0.5, 0.6) is 0 Å². The van der Waals surface area contributed by atoms with E-state index in [1.807, 2.05) is 0 Å². The van der Waals surface area contributed by atoms with Gasteiger partial charge in [-0.15, -0.1) is 0 Å². The maximum absolute atomic E-state index is 2.55. The highest BCUT2D eigenvalue weighted by molar-refractivity contribution is 5.16. The van der Waals surface area contributed by atoms with Crippen molar-refractivity contribution < 1.29 is 0 Å². The van der Waals surface area contributed by atoms with Gasteiger partial charge < -0.3 is 9.80 Å². The SMILES string of the molecule is CCCCCCCCCCCCCCCCC1N(Cc2ccccc2)C=CN1C(C)C. The quantitative estimate of drug-likeness (QED) is 0.216. The molecule has 0 fully saturated rings. The summed E-state index contributed by atoms with van der Waals surface area (Å²) in [4.78, 5) is 5.09. The fourth-order valence-corrected chi connectivity index (χ4v) is 4.84. The molecule has 176 valence electrons. The lowest BCUT2D eigenvalue weighted by atomic mass is 10.0. The topological polar surface area (TPSA) is 6.48 Å². The van der Waals surface area contributed by atoms with Gasteiger partial charge in [0.25, 0.3) is 0 Å². The van der Waals surface area contributed by atoms with Crippen molar-refractivity contribution in [1.29, 1.82) is 0 Å². The number of rotatable bonds is 18. The molecule has 0 spiro atoms. The van der Waals surface area contributed by atoms with E-state index in [1.54, 1.807) is 0 Å². The van der Waals surface area contributed by atoms with Crippen LogP contribution in [0, 0.1) is 0 Å². The van der Waals surface area contributed by atoms with Gasteiger partial charge in [0.2, 0.25) is 0 Å². The molecule has 1 heterocycles. The average molecular weight is 427 g/mol. The maximum atomic E-state index is 2.55. The zero-order chi connectivity index (χ0) is 22.2. The highest BCUT2D eigenvalue weighted by Crippen LogP contribution is 2.26. The van der Waals surface area contributed by atoms with Gasteiger partial charge in [-0.05, 0) is 32.3 Å². The van der Waals surface area contributed by atoms with E-state index in [1.165, 1.54) is 102 Å². The van der Waals surface area contributed by atoms with E-state index in [0.29, 0.717) is 12.2 Å². The Hall–Kier alpha value is -1.44. The first kappa shape index (κ1) is 25.8. The lowest BCUT2D eigenvalue weighted by Crippen LogP contribution is -2.41. The average Bonchev–Trinajstić information content (AvgIpc) is 3.17. The van der Waals surface area contributed by atoms with Crippen LogP contribution in [-0.4, -0.2) is 22.0 Å². The van der Waals surface area contributed by atoms with Gasteiger partial charge in [-0.25, -0.2) is 0 Å². The van der Waals surface area contributed by atoms with Gasteiger partial charge in [0.15, 0.2) is 0 Å². The molecular weight excluding hydrogens is 376 g/mol. The molecular formula is C29H50N2. The normalized spacial score (nSPS) is 16.1. The smallest absolute Gasteiger partial charge is 0.101 e. The molecule has 2 nitrogen and oxygen atoms in total. The van der Waals surface area contributed by atoms with Gasteiger partial charge in [-0.3, -0.25) is 0 Å². The van der Waals surface area contributed by atoms with Crippen molar-refractivity contribution >= 4 is 0 Å². The Morgan fingerprint density at radius 1 is 0.677 bits per heavy atom. The Kier molecular flexibility index (Phi) is 13.5. The van der Waals surface area contributed by atoms with Crippen LogP contribution >= 0.6 is 0 Å². The van der Waals surface area contributed by atoms with Crippen LogP contribution in [0.25, 0.3) is 0 Å². The van der Waals surface area contributed by atoms with Crippen molar-refractivity contribution in [1.82, 2.24) is 9.80 Å². The maximum Gasteiger partial charge on any atom is 0.101 e. The molecule has 31 heavy (non-hydrogen) atoms. The van der Waals surface area contributed by atoms with Gasteiger partial charge in [0.05, 0.1) is 0 Å². The summed E-state index contributed by atoms with van der Waals surface area (Å²) in [5, 5.41) is 0. The van der Waals surface area contributed by atoms with Crippen molar-refractivity contribution in [2.45, 2.75) is 136 Å². The van der Waals surface area contributed by atoms with Gasteiger partial charge in [0, 0.05) is 25.0 Å². The standard InChI is InChI=1S/C29H50N2/c1-4-5-6-7-8-9-10-11-12-13-14-15-16-20-23-29-30(24-25-31(29)27(2)3)26-28-21-18-17-19-22-28/h17-19,21-22,24-25,27,29H,4-16,20,23,26H2,1-3H3. The molecule has 2 rings (SSSR count). The number of benzene rings is 1. The first-order valence-electron chi connectivity index (χ1n) is 13.5. The van der Waals surface area contributed by atoms with E-state index in [0.717, 1.165) is 6.54 Å². The minimum atomic E-state index is 0.525. The molecule has 1 atom stereocenters. The molecule has 1 aromatic rings. The van der Waals surface area contributed by atoms with Crippen LogP contribution in [0.3, 0.4) is 0 Å². The summed E-state index contributed by atoms with van der Waals surface area (Å²) < 4.78 is 0. The number of hydrogen-bond donors (Lipinski definition) is 0. The van der Waals surface area contributed by atoms with Crippen molar-refractivity contribution in [3.63, 3.8) is 0 Å². The predicted octanol–water partition coefficient (Wildman–Crippen LogP) is 8.88. The third-order valence-electron chi connectivity index (χ3n) is 6.78. The second kappa shape index (κ2) is 16.2. The molecule has 0 amide bonds. The molecule has 0 N–H and O–H groups in total. The summed E-state index contributed by atoms with van der Waals surface area (Å²) in [6, 6.07) is 11.5. The number of unbranched alkanes of at least 4 members (excludes halogenated alkanes) is 13. The van der Waals surface area contributed by atoms with Crippen LogP contribution in [0.2, 0.25) is 0 Å². The van der Waals surface area contributed by atoms with E-state index in [2.05, 4.69) is 73.3 Å². The third kappa shape index (κ3) is 10.6. The highest BCUT2D eigenvalue weighted by atomic mass is 15.4. The van der Waals surface area contributed by atoms with Crippen LogP contribution in [0.1, 0.15) is 123 Å². The zero-order valence-electron chi connectivity index (χ0n) is 20.9. The summed E-state index contributed by atoms with van der Waals surface area (Å²) in [6.07, 6.45) is 26.4. The van der Waals surface area contributed by atoms with E-state index >= 15 is 0 Å². The van der Waals surface area contributed by atoms with Gasteiger partial charge in [-0.1, -0.05) is 121 Å². The second-order valence-corrected chi connectivity index (χ2v) is 9.86. The van der Waals surface area contributed by atoms with E-state index in [4.69, 9.17) is 0 Å². The minimum Gasteiger partial charge on any atom is -0.354 e. The molecule has 1 aromatic carbocycles. The predicted molar refractivity (Wildman–Crippen MR) is 137 cm³/mol. The summed E-state index contributed by atoms with van der Waals surface area (Å²) >= 11 is 0. The Bertz CT molecular complexity index is 565. The van der Waals surface area contributed by atoms with Crippen molar-refractivity contribution in [3.8, 4) is 0 Å². The molecule has 0 radical (unpaired) electrons. The van der Waals surface area contributed by atoms with Gasteiger partial charge in [0.1, 0.15) is 6.17 Å². The molecule has 0 aromatic heterocycles. The van der Waals surface area contributed by atoms with E-state index in [-0.39, 0.29) is 0 Å². The zero-order valence-corrected chi connectivity index (χ0v) is 20.9. The van der Waals surface area contributed by atoms with E-state index in [9.17, 15) is 0 Å². The third-order valence-corrected chi connectivity index (χ3v) is 6.78. The Labute approximate surface area is 194 Å². The molecule has 0 bridgehead atoms. The number of nitrogens with zero attached hydrogens (tertiary/aromatic N) is 2. The minimum absolute atomic E-state index is 0.525. The Balaban J connectivity index is 1.52. The van der Waals surface area contributed by atoms with Gasteiger partial charge >= 0.3 is 0 Å². The number of hydrogen-bond acceptors (Lipinski definition) is 2. The summed E-state index contributed by atoms with van der Waals surface area (Å²) in [5.74, 6) is 0. The largest absolute Gasteiger partial charge is 0.354 e. The summed E-state index contributed by atoms with van der Waals surface area (Å²) in [5.41, 5.74) is 1.41. The molecule has 1 aliphatic heterocycles. The molecule has 1 unspecified atom stereocenters. The van der Waals surface area contributed by atoms with E-state index < -0.39 is 0 Å². The molecule has 0 aliphatic carbocycles. The summed E-state index contributed by atoms with van der Waals surface area (Å²) in [6.45, 7) is 7.94. The van der Waals surface area contributed by atoms with Crippen LogP contribution in [-0.2, 0) is 6.54 Å². The van der Waals surface area contributed by atoms with Crippen molar-refractivity contribution in [2.24, 2.45) is 0 Å². The monoisotopic (exact) mass is 426 g/mol. The lowest BCUT2D eigenvalue weighted by molar-refractivity contribution is 0.110. The first-order chi connectivity index (χ1) is 15.2. The van der Waals surface area contributed by atoms with Gasteiger partial charge in [-0.2, -0.15) is 0 Å². The highest BCUT2D eigenvalue weighted by Gasteiger charge is 2.27. The molecule has 0 saturated heterocycles. The van der Waals surface area contributed by atoms with Crippen LogP contribution in [0.4, 0.5) is 0 Å². The fraction of sp³-hybridized carbons (Fsp3) is 0.724. The molecule has 2 heteroatoms. The lowest BCUT2D eigenvalue weighted by Gasteiger charge is -2.35. The Morgan fingerprint density at radius 2 is 1.19 bits per heavy atom.